The predicted molar refractivity (Wildman–Crippen MR) is 83.4 cm³/mol. The van der Waals surface area contributed by atoms with Crippen LogP contribution in [0, 0.1) is 13.8 Å². The molecule has 19 heavy (non-hydrogen) atoms. The van der Waals surface area contributed by atoms with Gasteiger partial charge in [-0.2, -0.15) is 0 Å². The third kappa shape index (κ3) is 1.64. The maximum atomic E-state index is 4.78. The third-order valence-electron chi connectivity index (χ3n) is 3.32. The molecule has 0 aliphatic carbocycles. The van der Waals surface area contributed by atoms with Gasteiger partial charge in [0, 0.05) is 21.5 Å². The van der Waals surface area contributed by atoms with Gasteiger partial charge in [-0.25, -0.2) is 4.98 Å². The van der Waals surface area contributed by atoms with E-state index in [4.69, 9.17) is 4.98 Å². The lowest BCUT2D eigenvalue weighted by Crippen LogP contribution is -1.76. The lowest BCUT2D eigenvalue weighted by molar-refractivity contribution is 1.30. The normalized spacial score (nSPS) is 11.7. The molecule has 4 aromatic rings. The van der Waals surface area contributed by atoms with Gasteiger partial charge in [0.15, 0.2) is 4.96 Å². The summed E-state index contributed by atoms with van der Waals surface area (Å²) in [5.74, 6) is 0. The largest absolute Gasteiger partial charge is 0.290 e. The van der Waals surface area contributed by atoms with E-state index < -0.39 is 0 Å². The SMILES string of the molecule is Cc1cc(-c2cn3c(n2)sc2ccccc23)c(C)s1. The van der Waals surface area contributed by atoms with Crippen molar-refractivity contribution in [3.63, 3.8) is 0 Å². The van der Waals surface area contributed by atoms with Gasteiger partial charge in [-0.3, -0.25) is 4.40 Å². The van der Waals surface area contributed by atoms with Crippen LogP contribution in [-0.2, 0) is 0 Å². The smallest absolute Gasteiger partial charge is 0.195 e. The molecule has 2 nitrogen and oxygen atoms in total. The Hall–Kier alpha value is -1.65. The highest BCUT2D eigenvalue weighted by Gasteiger charge is 2.12. The van der Waals surface area contributed by atoms with Crippen molar-refractivity contribution in [3.8, 4) is 11.3 Å². The highest BCUT2D eigenvalue weighted by Crippen LogP contribution is 2.33. The number of nitrogens with zero attached hydrogens (tertiary/aromatic N) is 2. The first-order valence-corrected chi connectivity index (χ1v) is 7.80. The molecule has 0 saturated carbocycles. The van der Waals surface area contributed by atoms with E-state index in [1.54, 1.807) is 11.3 Å². The standard InChI is InChI=1S/C15H12N2S2/c1-9-7-11(10(2)18-9)12-8-17-13-5-3-4-6-14(13)19-15(17)16-12/h3-8H,1-2H3. The minimum absolute atomic E-state index is 1.07. The number of rotatable bonds is 1. The number of benzene rings is 1. The summed E-state index contributed by atoms with van der Waals surface area (Å²) in [7, 11) is 0. The quantitative estimate of drug-likeness (QED) is 0.486. The molecule has 4 heteroatoms. The van der Waals surface area contributed by atoms with E-state index >= 15 is 0 Å². The number of para-hydroxylation sites is 1. The van der Waals surface area contributed by atoms with E-state index in [-0.39, 0.29) is 0 Å². The molecule has 1 aromatic carbocycles. The van der Waals surface area contributed by atoms with Crippen molar-refractivity contribution in [2.24, 2.45) is 0 Å². The minimum atomic E-state index is 1.07. The average Bonchev–Trinajstić information content (AvgIpc) is 3.01. The van der Waals surface area contributed by atoms with E-state index in [9.17, 15) is 0 Å². The third-order valence-corrected chi connectivity index (χ3v) is 5.32. The van der Waals surface area contributed by atoms with Gasteiger partial charge in [-0.1, -0.05) is 23.5 Å². The molecule has 0 unspecified atom stereocenters. The first-order valence-electron chi connectivity index (χ1n) is 6.16. The number of aryl methyl sites for hydroxylation is 2. The summed E-state index contributed by atoms with van der Waals surface area (Å²) in [4.78, 5) is 8.53. The summed E-state index contributed by atoms with van der Waals surface area (Å²) >= 11 is 3.58. The van der Waals surface area contributed by atoms with Gasteiger partial charge in [-0.15, -0.1) is 11.3 Å². The van der Waals surface area contributed by atoms with Crippen LogP contribution in [0.25, 0.3) is 26.4 Å². The van der Waals surface area contributed by atoms with Gasteiger partial charge in [-0.05, 0) is 32.0 Å². The van der Waals surface area contributed by atoms with E-state index in [1.165, 1.54) is 25.5 Å². The number of thiophene rings is 1. The Kier molecular flexibility index (Phi) is 2.31. The van der Waals surface area contributed by atoms with Crippen LogP contribution in [0.2, 0.25) is 0 Å². The molecule has 94 valence electrons. The van der Waals surface area contributed by atoms with Crippen LogP contribution in [-0.4, -0.2) is 9.38 Å². The number of aromatic nitrogens is 2. The summed E-state index contributed by atoms with van der Waals surface area (Å²) in [5, 5.41) is 0. The molecule has 0 aliphatic rings. The second kappa shape index (κ2) is 3.92. The van der Waals surface area contributed by atoms with Crippen LogP contribution in [0.4, 0.5) is 0 Å². The summed E-state index contributed by atoms with van der Waals surface area (Å²) in [5.41, 5.74) is 3.59. The van der Waals surface area contributed by atoms with Crippen LogP contribution in [0.1, 0.15) is 9.75 Å². The fraction of sp³-hybridized carbons (Fsp3) is 0.133. The molecule has 0 spiro atoms. The zero-order chi connectivity index (χ0) is 13.0. The second-order valence-corrected chi connectivity index (χ2v) is 7.14. The van der Waals surface area contributed by atoms with Gasteiger partial charge >= 0.3 is 0 Å². The maximum Gasteiger partial charge on any atom is 0.195 e. The Morgan fingerprint density at radius 2 is 1.95 bits per heavy atom. The molecule has 0 fully saturated rings. The second-order valence-electron chi connectivity index (χ2n) is 4.68. The number of hydrogen-bond acceptors (Lipinski definition) is 3. The Balaban J connectivity index is 2.00. The molecule has 0 N–H and O–H groups in total. The van der Waals surface area contributed by atoms with Gasteiger partial charge in [0.25, 0.3) is 0 Å². The Morgan fingerprint density at radius 1 is 1.11 bits per heavy atom. The lowest BCUT2D eigenvalue weighted by atomic mass is 10.2. The van der Waals surface area contributed by atoms with Crippen molar-refractivity contribution in [2.45, 2.75) is 13.8 Å². The first-order chi connectivity index (χ1) is 9.22. The van der Waals surface area contributed by atoms with Crippen molar-refractivity contribution in [1.82, 2.24) is 9.38 Å². The van der Waals surface area contributed by atoms with Crippen LogP contribution >= 0.6 is 22.7 Å². The summed E-state index contributed by atoms with van der Waals surface area (Å²) in [6.45, 7) is 4.31. The average molecular weight is 284 g/mol. The highest BCUT2D eigenvalue weighted by atomic mass is 32.1. The van der Waals surface area contributed by atoms with Crippen LogP contribution < -0.4 is 0 Å². The van der Waals surface area contributed by atoms with E-state index in [0.29, 0.717) is 0 Å². The Bertz CT molecular complexity index is 895. The van der Waals surface area contributed by atoms with Gasteiger partial charge < -0.3 is 0 Å². The van der Waals surface area contributed by atoms with Gasteiger partial charge in [0.1, 0.15) is 0 Å². The molecule has 3 heterocycles. The topological polar surface area (TPSA) is 17.3 Å². The fourth-order valence-electron chi connectivity index (χ4n) is 2.46. The van der Waals surface area contributed by atoms with Crippen LogP contribution in [0.5, 0.6) is 0 Å². The lowest BCUT2D eigenvalue weighted by Gasteiger charge is -1.93. The van der Waals surface area contributed by atoms with Gasteiger partial charge in [0.2, 0.25) is 0 Å². The Morgan fingerprint density at radius 3 is 2.74 bits per heavy atom. The molecule has 0 atom stereocenters. The molecule has 0 bridgehead atoms. The van der Waals surface area contributed by atoms with Crippen molar-refractivity contribution in [2.75, 3.05) is 0 Å². The van der Waals surface area contributed by atoms with Crippen molar-refractivity contribution in [3.05, 3.63) is 46.3 Å². The molecule has 0 amide bonds. The number of imidazole rings is 1. The summed E-state index contributed by atoms with van der Waals surface area (Å²) in [6, 6.07) is 10.7. The monoisotopic (exact) mass is 284 g/mol. The molecule has 0 saturated heterocycles. The minimum Gasteiger partial charge on any atom is -0.290 e. The van der Waals surface area contributed by atoms with E-state index in [2.05, 4.69) is 54.8 Å². The van der Waals surface area contributed by atoms with Crippen molar-refractivity contribution in [1.29, 1.82) is 0 Å². The number of fused-ring (bicyclic) bond motifs is 3. The molecule has 4 rings (SSSR count). The maximum absolute atomic E-state index is 4.78. The van der Waals surface area contributed by atoms with Crippen LogP contribution in [0.15, 0.2) is 36.5 Å². The first kappa shape index (κ1) is 11.2. The number of hydrogen-bond donors (Lipinski definition) is 0. The van der Waals surface area contributed by atoms with Crippen LogP contribution in [0.3, 0.4) is 0 Å². The van der Waals surface area contributed by atoms with Crippen molar-refractivity contribution >= 4 is 37.9 Å². The zero-order valence-corrected chi connectivity index (χ0v) is 12.3. The molecule has 3 aromatic heterocycles. The number of thiazole rings is 1. The van der Waals surface area contributed by atoms with Gasteiger partial charge in [0.05, 0.1) is 15.9 Å². The molecule has 0 radical (unpaired) electrons. The highest BCUT2D eigenvalue weighted by molar-refractivity contribution is 7.23. The van der Waals surface area contributed by atoms with Crippen molar-refractivity contribution < 1.29 is 0 Å². The molecular formula is C15H12N2S2. The zero-order valence-electron chi connectivity index (χ0n) is 10.7. The van der Waals surface area contributed by atoms with E-state index in [0.717, 1.165) is 10.7 Å². The Labute approximate surface area is 119 Å². The fourth-order valence-corrected chi connectivity index (χ4v) is 4.40. The predicted octanol–water partition coefficient (Wildman–Crippen LogP) is 4.89. The molecule has 0 aliphatic heterocycles. The summed E-state index contributed by atoms with van der Waals surface area (Å²) in [6.07, 6.45) is 2.16. The molecular weight excluding hydrogens is 272 g/mol. The van der Waals surface area contributed by atoms with E-state index in [1.807, 2.05) is 11.3 Å². The summed E-state index contributed by atoms with van der Waals surface area (Å²) < 4.78 is 3.48.